The Labute approximate surface area is 110 Å². The Morgan fingerprint density at radius 2 is 1.95 bits per heavy atom. The third-order valence-corrected chi connectivity index (χ3v) is 3.18. The number of ether oxygens (including phenoxy) is 1. The molecule has 2 rings (SSSR count). The van der Waals surface area contributed by atoms with Crippen LogP contribution >= 0.6 is 0 Å². The summed E-state index contributed by atoms with van der Waals surface area (Å²) in [4.78, 5) is 3.59. The van der Waals surface area contributed by atoms with Crippen LogP contribution in [-0.4, -0.2) is 13.4 Å². The first kappa shape index (κ1) is 13.0. The number of nitriles is 1. The molecule has 1 aromatic carbocycles. The molecule has 0 saturated heterocycles. The van der Waals surface area contributed by atoms with Gasteiger partial charge in [0.1, 0.15) is 16.7 Å². The van der Waals surface area contributed by atoms with Gasteiger partial charge in [0.25, 0.3) is 0 Å². The molecule has 0 aliphatic carbocycles. The third kappa shape index (κ3) is 2.88. The molecule has 1 heterocycles. The number of hydrogen-bond donors (Lipinski definition) is 1. The van der Waals surface area contributed by atoms with E-state index in [9.17, 15) is 8.42 Å². The maximum atomic E-state index is 11.4. The van der Waals surface area contributed by atoms with Gasteiger partial charge in [-0.1, -0.05) is 12.1 Å². The quantitative estimate of drug-likeness (QED) is 0.911. The van der Waals surface area contributed by atoms with Crippen LogP contribution in [0.4, 0.5) is 0 Å². The van der Waals surface area contributed by atoms with Gasteiger partial charge in [0.05, 0.1) is 5.56 Å². The van der Waals surface area contributed by atoms with Crippen molar-refractivity contribution in [3.05, 3.63) is 48.2 Å². The van der Waals surface area contributed by atoms with E-state index in [0.717, 1.165) is 0 Å². The molecule has 0 bridgehead atoms. The van der Waals surface area contributed by atoms with E-state index >= 15 is 0 Å². The monoisotopic (exact) mass is 275 g/mol. The number of primary sulfonamides is 1. The van der Waals surface area contributed by atoms with Crippen molar-refractivity contribution in [2.75, 3.05) is 0 Å². The molecule has 0 atom stereocenters. The molecule has 19 heavy (non-hydrogen) atoms. The Morgan fingerprint density at radius 1 is 1.21 bits per heavy atom. The average Bonchev–Trinajstić information content (AvgIpc) is 2.39. The maximum absolute atomic E-state index is 11.4. The van der Waals surface area contributed by atoms with Gasteiger partial charge in [0.15, 0.2) is 0 Å². The van der Waals surface area contributed by atoms with E-state index in [1.807, 2.05) is 6.07 Å². The minimum atomic E-state index is -3.94. The van der Waals surface area contributed by atoms with Crippen LogP contribution < -0.4 is 9.88 Å². The van der Waals surface area contributed by atoms with Crippen molar-refractivity contribution in [1.29, 1.82) is 5.26 Å². The van der Waals surface area contributed by atoms with E-state index in [1.54, 1.807) is 24.3 Å². The van der Waals surface area contributed by atoms with Gasteiger partial charge in [0, 0.05) is 6.20 Å². The molecule has 2 aromatic rings. The Morgan fingerprint density at radius 3 is 2.63 bits per heavy atom. The van der Waals surface area contributed by atoms with Crippen molar-refractivity contribution in [3.8, 4) is 17.7 Å². The molecule has 6 nitrogen and oxygen atoms in total. The molecule has 0 aliphatic rings. The molecule has 0 radical (unpaired) electrons. The van der Waals surface area contributed by atoms with E-state index in [4.69, 9.17) is 15.1 Å². The standard InChI is InChI=1S/C12H9N3O3S/c13-8-9-4-1-2-5-10(9)18-12-11(19(14,16)17)6-3-7-15-12/h1-7H,(H2,14,16,17). The van der Waals surface area contributed by atoms with Crippen LogP contribution in [0.3, 0.4) is 0 Å². The zero-order valence-electron chi connectivity index (χ0n) is 9.65. The molecule has 0 amide bonds. The SMILES string of the molecule is N#Cc1ccccc1Oc1ncccc1S(N)(=O)=O. The Hall–Kier alpha value is -2.43. The predicted molar refractivity (Wildman–Crippen MR) is 66.8 cm³/mol. The molecule has 2 N–H and O–H groups in total. The van der Waals surface area contributed by atoms with Crippen LogP contribution in [0.25, 0.3) is 0 Å². The highest BCUT2D eigenvalue weighted by atomic mass is 32.2. The van der Waals surface area contributed by atoms with Crippen LogP contribution in [0, 0.1) is 11.3 Å². The van der Waals surface area contributed by atoms with Crippen LogP contribution in [0.1, 0.15) is 5.56 Å². The molecule has 0 fully saturated rings. The molecule has 0 unspecified atom stereocenters. The number of para-hydroxylation sites is 1. The fourth-order valence-corrected chi connectivity index (χ4v) is 2.03. The first-order valence-electron chi connectivity index (χ1n) is 5.17. The molecule has 7 heteroatoms. The second-order valence-corrected chi connectivity index (χ2v) is 5.09. The van der Waals surface area contributed by atoms with Gasteiger partial charge in [-0.05, 0) is 24.3 Å². The van der Waals surface area contributed by atoms with Gasteiger partial charge < -0.3 is 4.74 Å². The van der Waals surface area contributed by atoms with Crippen molar-refractivity contribution in [2.24, 2.45) is 5.14 Å². The summed E-state index contributed by atoms with van der Waals surface area (Å²) in [7, 11) is -3.94. The topological polar surface area (TPSA) is 106 Å². The summed E-state index contributed by atoms with van der Waals surface area (Å²) in [5.41, 5.74) is 0.272. The van der Waals surface area contributed by atoms with E-state index < -0.39 is 10.0 Å². The van der Waals surface area contributed by atoms with Crippen molar-refractivity contribution in [1.82, 2.24) is 4.98 Å². The fourth-order valence-electron chi connectivity index (χ4n) is 1.42. The summed E-state index contributed by atoms with van der Waals surface area (Å²) in [6.07, 6.45) is 1.37. The normalized spacial score (nSPS) is 10.7. The molecular weight excluding hydrogens is 266 g/mol. The third-order valence-electron chi connectivity index (χ3n) is 2.26. The molecular formula is C12H9N3O3S. The average molecular weight is 275 g/mol. The summed E-state index contributed by atoms with van der Waals surface area (Å²) >= 11 is 0. The van der Waals surface area contributed by atoms with Crippen molar-refractivity contribution >= 4 is 10.0 Å². The molecule has 96 valence electrons. The first-order valence-corrected chi connectivity index (χ1v) is 6.72. The van der Waals surface area contributed by atoms with Gasteiger partial charge in [-0.15, -0.1) is 0 Å². The van der Waals surface area contributed by atoms with Crippen LogP contribution in [-0.2, 0) is 10.0 Å². The Bertz CT molecular complexity index is 751. The number of rotatable bonds is 3. The lowest BCUT2D eigenvalue weighted by molar-refractivity contribution is 0.446. The van der Waals surface area contributed by atoms with E-state index in [2.05, 4.69) is 4.98 Å². The summed E-state index contributed by atoms with van der Waals surface area (Å²) in [5.74, 6) is 0.0568. The molecule has 0 saturated carbocycles. The maximum Gasteiger partial charge on any atom is 0.243 e. The smallest absolute Gasteiger partial charge is 0.243 e. The highest BCUT2D eigenvalue weighted by Gasteiger charge is 2.17. The number of aromatic nitrogens is 1. The van der Waals surface area contributed by atoms with Gasteiger partial charge in [0.2, 0.25) is 15.9 Å². The number of benzene rings is 1. The largest absolute Gasteiger partial charge is 0.436 e. The molecule has 0 spiro atoms. The first-order chi connectivity index (χ1) is 9.02. The van der Waals surface area contributed by atoms with Crippen LogP contribution in [0.15, 0.2) is 47.5 Å². The lowest BCUT2D eigenvalue weighted by Crippen LogP contribution is -2.13. The summed E-state index contributed by atoms with van der Waals surface area (Å²) in [6.45, 7) is 0. The zero-order valence-corrected chi connectivity index (χ0v) is 10.5. The van der Waals surface area contributed by atoms with E-state index in [1.165, 1.54) is 18.3 Å². The Kier molecular flexibility index (Phi) is 3.46. The van der Waals surface area contributed by atoms with Crippen molar-refractivity contribution in [3.63, 3.8) is 0 Å². The lowest BCUT2D eigenvalue weighted by atomic mass is 10.2. The number of pyridine rings is 1. The second-order valence-electron chi connectivity index (χ2n) is 3.56. The van der Waals surface area contributed by atoms with Gasteiger partial charge in [-0.2, -0.15) is 5.26 Å². The molecule has 0 aliphatic heterocycles. The van der Waals surface area contributed by atoms with E-state index in [0.29, 0.717) is 0 Å². The van der Waals surface area contributed by atoms with Crippen LogP contribution in [0.5, 0.6) is 11.6 Å². The second kappa shape index (κ2) is 5.06. The number of hydrogen-bond acceptors (Lipinski definition) is 5. The van der Waals surface area contributed by atoms with Gasteiger partial charge in [-0.25, -0.2) is 18.5 Å². The minimum Gasteiger partial charge on any atom is -0.436 e. The number of nitrogens with two attached hydrogens (primary N) is 1. The van der Waals surface area contributed by atoms with Gasteiger partial charge in [-0.3, -0.25) is 0 Å². The number of sulfonamides is 1. The Balaban J connectivity index is 2.48. The molecule has 1 aromatic heterocycles. The zero-order chi connectivity index (χ0) is 13.9. The van der Waals surface area contributed by atoms with Crippen molar-refractivity contribution in [2.45, 2.75) is 4.90 Å². The summed E-state index contributed by atoms with van der Waals surface area (Å²) in [6, 6.07) is 11.1. The van der Waals surface area contributed by atoms with E-state index in [-0.39, 0.29) is 22.1 Å². The predicted octanol–water partition coefficient (Wildman–Crippen LogP) is 1.39. The van der Waals surface area contributed by atoms with Gasteiger partial charge >= 0.3 is 0 Å². The highest BCUT2D eigenvalue weighted by Crippen LogP contribution is 2.27. The number of nitrogens with zero attached hydrogens (tertiary/aromatic N) is 2. The summed E-state index contributed by atoms with van der Waals surface area (Å²) < 4.78 is 28.1. The minimum absolute atomic E-state index is 0.160. The summed E-state index contributed by atoms with van der Waals surface area (Å²) in [5, 5.41) is 14.0. The van der Waals surface area contributed by atoms with Crippen molar-refractivity contribution < 1.29 is 13.2 Å². The van der Waals surface area contributed by atoms with Crippen LogP contribution in [0.2, 0.25) is 0 Å². The fraction of sp³-hybridized carbons (Fsp3) is 0. The highest BCUT2D eigenvalue weighted by molar-refractivity contribution is 7.89. The lowest BCUT2D eigenvalue weighted by Gasteiger charge is -2.09.